The van der Waals surface area contributed by atoms with Gasteiger partial charge < -0.3 is 10.0 Å². The summed E-state index contributed by atoms with van der Waals surface area (Å²) in [6.45, 7) is 6.42. The molecule has 1 N–H and O–H groups in total. The molecule has 2 atom stereocenters. The van der Waals surface area contributed by atoms with Crippen molar-refractivity contribution in [2.45, 2.75) is 50.7 Å². The predicted octanol–water partition coefficient (Wildman–Crippen LogP) is 2.16. The molecule has 3 rings (SSSR count). The highest BCUT2D eigenvalue weighted by atomic mass is 19.1. The summed E-state index contributed by atoms with van der Waals surface area (Å²) >= 11 is 0. The monoisotopic (exact) mass is 334 g/mol. The van der Waals surface area contributed by atoms with E-state index in [1.807, 2.05) is 4.90 Å². The Morgan fingerprint density at radius 1 is 1.17 bits per heavy atom. The maximum atomic E-state index is 14.1. The van der Waals surface area contributed by atoms with Crippen LogP contribution in [0.4, 0.5) is 4.39 Å². The molecule has 0 bridgehead atoms. The van der Waals surface area contributed by atoms with E-state index in [-0.39, 0.29) is 23.9 Å². The van der Waals surface area contributed by atoms with Crippen molar-refractivity contribution < 1.29 is 14.3 Å². The summed E-state index contributed by atoms with van der Waals surface area (Å²) in [7, 11) is 0. The zero-order valence-corrected chi connectivity index (χ0v) is 14.5. The van der Waals surface area contributed by atoms with E-state index >= 15 is 0 Å². The number of benzene rings is 1. The van der Waals surface area contributed by atoms with Crippen molar-refractivity contribution in [3.05, 3.63) is 35.6 Å². The molecule has 5 heteroatoms. The van der Waals surface area contributed by atoms with Gasteiger partial charge in [-0.3, -0.25) is 9.69 Å². The molecule has 1 saturated carbocycles. The maximum absolute atomic E-state index is 14.1. The van der Waals surface area contributed by atoms with E-state index in [9.17, 15) is 14.3 Å². The van der Waals surface area contributed by atoms with Gasteiger partial charge in [0.05, 0.1) is 11.5 Å². The molecule has 0 unspecified atom stereocenters. The zero-order chi connectivity index (χ0) is 17.3. The summed E-state index contributed by atoms with van der Waals surface area (Å²) in [5, 5.41) is 10.1. The highest BCUT2D eigenvalue weighted by Crippen LogP contribution is 2.30. The molecular weight excluding hydrogens is 307 g/mol. The Kier molecular flexibility index (Phi) is 4.92. The lowest BCUT2D eigenvalue weighted by Crippen LogP contribution is -2.56. The first-order valence-corrected chi connectivity index (χ1v) is 8.88. The molecule has 1 amide bonds. The second-order valence-electron chi connectivity index (χ2n) is 7.50. The quantitative estimate of drug-likeness (QED) is 0.921. The first-order valence-electron chi connectivity index (χ1n) is 8.88. The van der Waals surface area contributed by atoms with Crippen LogP contribution >= 0.6 is 0 Å². The van der Waals surface area contributed by atoms with Crippen LogP contribution in [0.25, 0.3) is 0 Å². The average molecular weight is 334 g/mol. The second kappa shape index (κ2) is 6.81. The smallest absolute Gasteiger partial charge is 0.232 e. The summed E-state index contributed by atoms with van der Waals surface area (Å²) in [6.07, 6.45) is 2.76. The summed E-state index contributed by atoms with van der Waals surface area (Å²) in [6, 6.07) is 6.75. The van der Waals surface area contributed by atoms with Crippen LogP contribution in [-0.4, -0.2) is 59.1 Å². The molecule has 0 spiro atoms. The van der Waals surface area contributed by atoms with Crippen LogP contribution in [0.2, 0.25) is 0 Å². The number of aliphatic hydroxyl groups is 1. The molecule has 2 aliphatic rings. The zero-order valence-electron chi connectivity index (χ0n) is 14.5. The lowest BCUT2D eigenvalue weighted by molar-refractivity contribution is -0.138. The molecule has 1 aliphatic heterocycles. The van der Waals surface area contributed by atoms with Gasteiger partial charge in [-0.25, -0.2) is 4.39 Å². The van der Waals surface area contributed by atoms with Gasteiger partial charge in [-0.2, -0.15) is 0 Å². The number of carbonyl (C=O) groups is 1. The van der Waals surface area contributed by atoms with E-state index in [0.717, 1.165) is 32.4 Å². The standard InChI is InChI=1S/C19H27FN2O2/c1-19(2,14-6-3-4-7-15(14)20)18(24)22-12-10-21(11-13-22)16-8-5-9-17(16)23/h3-4,6-7,16-17,23H,5,8-13H2,1-2H3/t16-,17+/m0/s1. The molecule has 4 nitrogen and oxygen atoms in total. The fourth-order valence-corrected chi connectivity index (χ4v) is 4.08. The molecule has 1 aromatic rings. The molecule has 0 radical (unpaired) electrons. The molecule has 1 aromatic carbocycles. The molecule has 132 valence electrons. The van der Waals surface area contributed by atoms with Crippen molar-refractivity contribution in [1.29, 1.82) is 0 Å². The molecule has 1 saturated heterocycles. The lowest BCUT2D eigenvalue weighted by atomic mass is 9.82. The van der Waals surface area contributed by atoms with E-state index in [2.05, 4.69) is 4.90 Å². The van der Waals surface area contributed by atoms with Gasteiger partial charge in [-0.05, 0) is 39.2 Å². The molecule has 24 heavy (non-hydrogen) atoms. The minimum absolute atomic E-state index is 0.0285. The van der Waals surface area contributed by atoms with Crippen molar-refractivity contribution in [2.75, 3.05) is 26.2 Å². The number of nitrogens with zero attached hydrogens (tertiary/aromatic N) is 2. The number of carbonyl (C=O) groups excluding carboxylic acids is 1. The predicted molar refractivity (Wildman–Crippen MR) is 91.2 cm³/mol. The van der Waals surface area contributed by atoms with Gasteiger partial charge in [0.15, 0.2) is 0 Å². The Balaban J connectivity index is 1.65. The van der Waals surface area contributed by atoms with Crippen molar-refractivity contribution >= 4 is 5.91 Å². The number of piperazine rings is 1. The van der Waals surface area contributed by atoms with Gasteiger partial charge in [0.2, 0.25) is 5.91 Å². The van der Waals surface area contributed by atoms with Crippen LogP contribution in [0.15, 0.2) is 24.3 Å². The van der Waals surface area contributed by atoms with Crippen LogP contribution in [-0.2, 0) is 10.2 Å². The van der Waals surface area contributed by atoms with Crippen molar-refractivity contribution in [3.8, 4) is 0 Å². The number of amides is 1. The summed E-state index contributed by atoms with van der Waals surface area (Å²) in [5.41, 5.74) is -0.427. The molecule has 2 fully saturated rings. The van der Waals surface area contributed by atoms with Crippen LogP contribution in [0, 0.1) is 5.82 Å². The summed E-state index contributed by atoms with van der Waals surface area (Å²) in [5.74, 6) is -0.359. The van der Waals surface area contributed by atoms with Crippen LogP contribution in [0.1, 0.15) is 38.7 Å². The van der Waals surface area contributed by atoms with E-state index in [1.165, 1.54) is 6.07 Å². The van der Waals surface area contributed by atoms with E-state index in [4.69, 9.17) is 0 Å². The van der Waals surface area contributed by atoms with Gasteiger partial charge in [0, 0.05) is 37.8 Å². The van der Waals surface area contributed by atoms with Crippen LogP contribution in [0.5, 0.6) is 0 Å². The SMILES string of the molecule is CC(C)(C(=O)N1CCN([C@H]2CCC[C@H]2O)CC1)c1ccccc1F. The third-order valence-corrected chi connectivity index (χ3v) is 5.60. The van der Waals surface area contributed by atoms with Crippen molar-refractivity contribution in [3.63, 3.8) is 0 Å². The van der Waals surface area contributed by atoms with E-state index in [1.54, 1.807) is 32.0 Å². The second-order valence-corrected chi connectivity index (χ2v) is 7.50. The first-order chi connectivity index (χ1) is 11.4. The number of hydrogen-bond donors (Lipinski definition) is 1. The number of halogens is 1. The Bertz CT molecular complexity index is 597. The van der Waals surface area contributed by atoms with Crippen molar-refractivity contribution in [2.24, 2.45) is 0 Å². The highest BCUT2D eigenvalue weighted by Gasteiger charge is 2.38. The molecular formula is C19H27FN2O2. The fourth-order valence-electron chi connectivity index (χ4n) is 4.08. The van der Waals surface area contributed by atoms with Crippen molar-refractivity contribution in [1.82, 2.24) is 9.80 Å². The van der Waals surface area contributed by atoms with E-state index in [0.29, 0.717) is 18.7 Å². The minimum atomic E-state index is -0.875. The van der Waals surface area contributed by atoms with Crippen LogP contribution in [0.3, 0.4) is 0 Å². The lowest BCUT2D eigenvalue weighted by Gasteiger charge is -2.41. The molecule has 0 aromatic heterocycles. The van der Waals surface area contributed by atoms with Gasteiger partial charge in [0.25, 0.3) is 0 Å². The van der Waals surface area contributed by atoms with Crippen LogP contribution < -0.4 is 0 Å². The largest absolute Gasteiger partial charge is 0.391 e. The highest BCUT2D eigenvalue weighted by molar-refractivity contribution is 5.87. The minimum Gasteiger partial charge on any atom is -0.391 e. The van der Waals surface area contributed by atoms with Gasteiger partial charge in [-0.1, -0.05) is 18.2 Å². The third-order valence-electron chi connectivity index (χ3n) is 5.60. The number of aliphatic hydroxyl groups excluding tert-OH is 1. The Morgan fingerprint density at radius 3 is 2.42 bits per heavy atom. The average Bonchev–Trinajstić information content (AvgIpc) is 3.00. The van der Waals surface area contributed by atoms with E-state index < -0.39 is 5.41 Å². The summed E-state index contributed by atoms with van der Waals surface area (Å²) in [4.78, 5) is 17.1. The molecule has 1 heterocycles. The summed E-state index contributed by atoms with van der Waals surface area (Å²) < 4.78 is 14.1. The Morgan fingerprint density at radius 2 is 1.83 bits per heavy atom. The Hall–Kier alpha value is -1.46. The third kappa shape index (κ3) is 3.20. The normalized spacial score (nSPS) is 25.9. The topological polar surface area (TPSA) is 43.8 Å². The maximum Gasteiger partial charge on any atom is 0.232 e. The van der Waals surface area contributed by atoms with Gasteiger partial charge >= 0.3 is 0 Å². The fraction of sp³-hybridized carbons (Fsp3) is 0.632. The first kappa shape index (κ1) is 17.4. The van der Waals surface area contributed by atoms with Gasteiger partial charge in [0.1, 0.15) is 5.82 Å². The Labute approximate surface area is 143 Å². The number of rotatable bonds is 3. The number of hydrogen-bond acceptors (Lipinski definition) is 3. The molecule has 1 aliphatic carbocycles. The van der Waals surface area contributed by atoms with Gasteiger partial charge in [-0.15, -0.1) is 0 Å².